The molecule has 1 aliphatic carbocycles. The molecule has 1 saturated carbocycles. The van der Waals surface area contributed by atoms with E-state index >= 15 is 0 Å². The topological polar surface area (TPSA) is 122 Å². The lowest BCUT2D eigenvalue weighted by Crippen LogP contribution is -2.55. The number of nitrogens with one attached hydrogen (secondary N) is 2. The summed E-state index contributed by atoms with van der Waals surface area (Å²) in [5, 5.41) is 6.42. The maximum Gasteiger partial charge on any atom is 0.407 e. The second-order valence-electron chi connectivity index (χ2n) is 12.0. The molecule has 0 bridgehead atoms. The molecule has 0 aromatic carbocycles. The minimum absolute atomic E-state index is 0.0231. The number of hydrogen-bond acceptors (Lipinski definition) is 8. The largest absolute Gasteiger partial charge is 0.480 e. The Kier molecular flexibility index (Phi) is 8.43. The highest BCUT2D eigenvalue weighted by molar-refractivity contribution is 8.32. The first-order valence-electron chi connectivity index (χ1n) is 13.0. The highest BCUT2D eigenvalue weighted by Gasteiger charge is 2.38. The fourth-order valence-electron chi connectivity index (χ4n) is 4.54. The molecule has 1 atom stereocenters. The van der Waals surface area contributed by atoms with Gasteiger partial charge < -0.3 is 24.8 Å². The molecule has 212 valence electrons. The van der Waals surface area contributed by atoms with E-state index in [0.29, 0.717) is 37.0 Å². The summed E-state index contributed by atoms with van der Waals surface area (Å²) >= 11 is 0. The van der Waals surface area contributed by atoms with E-state index in [9.17, 15) is 14.4 Å². The molecule has 3 heterocycles. The van der Waals surface area contributed by atoms with Crippen LogP contribution in [0.25, 0.3) is 0 Å². The van der Waals surface area contributed by atoms with Gasteiger partial charge in [0.1, 0.15) is 18.1 Å². The quantitative estimate of drug-likeness (QED) is 0.448. The highest BCUT2D eigenvalue weighted by Crippen LogP contribution is 2.35. The van der Waals surface area contributed by atoms with Crippen LogP contribution in [-0.2, 0) is 19.1 Å². The summed E-state index contributed by atoms with van der Waals surface area (Å²) in [7, 11) is -0.695. The van der Waals surface area contributed by atoms with Crippen molar-refractivity contribution in [1.82, 2.24) is 15.6 Å². The summed E-state index contributed by atoms with van der Waals surface area (Å²) in [6, 6.07) is 3.76. The van der Waals surface area contributed by atoms with Crippen LogP contribution in [0.5, 0.6) is 5.75 Å². The number of anilines is 2. The third-order valence-corrected chi connectivity index (χ3v) is 7.92. The standard InChI is InChI=1S/C26H41N5O6S/c1-26(2,3)37-25(34)28-18-11-17(12-18)27-19-13-22(32)30(14-19)21-8-7-20-24(29-21)31(23(33)15-36-20)16-35-9-10-38(4,5)6/h7-8,17-19,27H,9-16H2,1-6H3,(H,28,34)/t17?,18?,19-/m1/s1. The van der Waals surface area contributed by atoms with Crippen LogP contribution in [0.1, 0.15) is 40.0 Å². The molecule has 0 spiro atoms. The van der Waals surface area contributed by atoms with Crippen molar-refractivity contribution < 1.29 is 28.6 Å². The van der Waals surface area contributed by atoms with Crippen LogP contribution in [0.15, 0.2) is 12.1 Å². The van der Waals surface area contributed by atoms with E-state index in [1.54, 1.807) is 17.0 Å². The molecule has 11 nitrogen and oxygen atoms in total. The monoisotopic (exact) mass is 551 g/mol. The van der Waals surface area contributed by atoms with Gasteiger partial charge in [-0.2, -0.15) is 0 Å². The number of alkyl carbamates (subject to hydrolysis) is 1. The highest BCUT2D eigenvalue weighted by atomic mass is 32.3. The summed E-state index contributed by atoms with van der Waals surface area (Å²) in [5.41, 5.74) is -0.527. The Labute approximate surface area is 226 Å². The van der Waals surface area contributed by atoms with Gasteiger partial charge in [-0.15, -0.1) is 0 Å². The average molecular weight is 552 g/mol. The van der Waals surface area contributed by atoms with Crippen molar-refractivity contribution >= 4 is 39.6 Å². The van der Waals surface area contributed by atoms with Crippen molar-refractivity contribution in [2.75, 3.05) is 60.8 Å². The summed E-state index contributed by atoms with van der Waals surface area (Å²) in [4.78, 5) is 45.2. The van der Waals surface area contributed by atoms with Crippen molar-refractivity contribution in [3.05, 3.63) is 12.1 Å². The smallest absolute Gasteiger partial charge is 0.407 e. The van der Waals surface area contributed by atoms with Crippen molar-refractivity contribution in [3.63, 3.8) is 0 Å². The summed E-state index contributed by atoms with van der Waals surface area (Å²) in [6.07, 6.45) is 8.19. The molecule has 3 amide bonds. The number of hydrogen-bond donors (Lipinski definition) is 2. The van der Waals surface area contributed by atoms with E-state index < -0.39 is 21.7 Å². The number of pyridine rings is 1. The third kappa shape index (κ3) is 7.51. The predicted octanol–water partition coefficient (Wildman–Crippen LogP) is 2.23. The molecular weight excluding hydrogens is 510 g/mol. The second-order valence-corrected chi connectivity index (χ2v) is 16.6. The number of carbonyl (C=O) groups is 3. The molecule has 3 aliphatic rings. The summed E-state index contributed by atoms with van der Waals surface area (Å²) in [5.74, 6) is 2.05. The Morgan fingerprint density at radius 1 is 1.13 bits per heavy atom. The maximum absolute atomic E-state index is 12.9. The molecule has 1 aromatic heterocycles. The Morgan fingerprint density at radius 3 is 2.55 bits per heavy atom. The van der Waals surface area contributed by atoms with E-state index in [1.807, 2.05) is 20.8 Å². The first-order chi connectivity index (χ1) is 17.8. The van der Waals surface area contributed by atoms with Gasteiger partial charge in [0.2, 0.25) is 5.91 Å². The molecule has 1 saturated heterocycles. The van der Waals surface area contributed by atoms with Gasteiger partial charge >= 0.3 is 6.09 Å². The van der Waals surface area contributed by atoms with Crippen LogP contribution >= 0.6 is 10.0 Å². The predicted molar refractivity (Wildman–Crippen MR) is 148 cm³/mol. The molecule has 0 radical (unpaired) electrons. The van der Waals surface area contributed by atoms with Gasteiger partial charge in [-0.1, -0.05) is 0 Å². The normalized spacial score (nSPS) is 24.0. The van der Waals surface area contributed by atoms with Crippen LogP contribution < -0.4 is 25.2 Å². The van der Waals surface area contributed by atoms with Crippen LogP contribution in [-0.4, -0.2) is 97.6 Å². The molecular formula is C26H41N5O6S. The van der Waals surface area contributed by atoms with Gasteiger partial charge in [-0.05, 0) is 64.5 Å². The third-order valence-electron chi connectivity index (χ3n) is 6.52. The molecule has 12 heteroatoms. The van der Waals surface area contributed by atoms with Crippen LogP contribution in [0.4, 0.5) is 16.4 Å². The van der Waals surface area contributed by atoms with E-state index in [2.05, 4.69) is 34.4 Å². The first-order valence-corrected chi connectivity index (χ1v) is 16.0. The Morgan fingerprint density at radius 2 is 1.87 bits per heavy atom. The van der Waals surface area contributed by atoms with E-state index in [0.717, 1.165) is 18.6 Å². The number of ether oxygens (including phenoxy) is 3. The number of rotatable bonds is 9. The Balaban J connectivity index is 1.31. The number of fused-ring (bicyclic) bond motifs is 1. The van der Waals surface area contributed by atoms with E-state index in [1.165, 1.54) is 4.90 Å². The van der Waals surface area contributed by atoms with Crippen LogP contribution in [0, 0.1) is 0 Å². The van der Waals surface area contributed by atoms with E-state index in [4.69, 9.17) is 14.2 Å². The number of amides is 3. The van der Waals surface area contributed by atoms with Crippen molar-refractivity contribution in [2.24, 2.45) is 0 Å². The second kappa shape index (κ2) is 11.3. The first kappa shape index (κ1) is 28.4. The fourth-order valence-corrected chi connectivity index (χ4v) is 5.15. The molecule has 2 N–H and O–H groups in total. The van der Waals surface area contributed by atoms with Gasteiger partial charge in [0.25, 0.3) is 5.91 Å². The zero-order chi connectivity index (χ0) is 27.7. The van der Waals surface area contributed by atoms with Crippen LogP contribution in [0.2, 0.25) is 0 Å². The fraction of sp³-hybridized carbons (Fsp3) is 0.692. The molecule has 1 aromatic rings. The molecule has 4 rings (SSSR count). The molecule has 2 fully saturated rings. The lowest BCUT2D eigenvalue weighted by atomic mass is 9.86. The lowest BCUT2D eigenvalue weighted by molar-refractivity contribution is -0.122. The number of nitrogens with zero attached hydrogens (tertiary/aromatic N) is 3. The average Bonchev–Trinajstić information content (AvgIpc) is 3.14. The number of carbonyl (C=O) groups excluding carboxylic acids is 3. The SMILES string of the molecule is CC(C)(C)OC(=O)NC1CC(N[C@@H]2CC(=O)N(c3ccc4c(n3)N(COCCS(C)(C)C)C(=O)CO4)C2)C1. The Bertz CT molecular complexity index is 1050. The van der Waals surface area contributed by atoms with Gasteiger partial charge in [0.15, 0.2) is 18.2 Å². The van der Waals surface area contributed by atoms with Crippen molar-refractivity contribution in [3.8, 4) is 5.75 Å². The van der Waals surface area contributed by atoms with Crippen molar-refractivity contribution in [2.45, 2.75) is 63.8 Å². The van der Waals surface area contributed by atoms with Crippen molar-refractivity contribution in [1.29, 1.82) is 0 Å². The minimum atomic E-state index is -0.695. The molecule has 2 aliphatic heterocycles. The van der Waals surface area contributed by atoms with Gasteiger partial charge in [-0.3, -0.25) is 19.4 Å². The number of aromatic nitrogens is 1. The minimum Gasteiger partial charge on any atom is -0.480 e. The van der Waals surface area contributed by atoms with E-state index in [-0.39, 0.29) is 43.3 Å². The molecule has 0 unspecified atom stereocenters. The van der Waals surface area contributed by atoms with Gasteiger partial charge in [0.05, 0.1) is 6.61 Å². The zero-order valence-electron chi connectivity index (χ0n) is 23.2. The summed E-state index contributed by atoms with van der Waals surface area (Å²) < 4.78 is 16.7. The summed E-state index contributed by atoms with van der Waals surface area (Å²) in [6.45, 7) is 6.58. The maximum atomic E-state index is 12.9. The van der Waals surface area contributed by atoms with Crippen LogP contribution in [0.3, 0.4) is 0 Å². The molecule has 38 heavy (non-hydrogen) atoms. The zero-order valence-corrected chi connectivity index (χ0v) is 24.1. The Hall–Kier alpha value is -2.57. The van der Waals surface area contributed by atoms with Gasteiger partial charge in [-0.25, -0.2) is 19.8 Å². The lowest BCUT2D eigenvalue weighted by Gasteiger charge is -2.38. The van der Waals surface area contributed by atoms with Gasteiger partial charge in [0, 0.05) is 36.8 Å².